The van der Waals surface area contributed by atoms with E-state index in [1.165, 1.54) is 6.42 Å². The number of carbonyl (C=O) groups is 1. The molecule has 1 aromatic rings. The van der Waals surface area contributed by atoms with Crippen LogP contribution in [0.4, 0.5) is 4.79 Å². The Labute approximate surface area is 140 Å². The molecule has 1 saturated heterocycles. The number of nitrogens with zero attached hydrogens (tertiary/aromatic N) is 1. The number of nitrogens with one attached hydrogen (secondary N) is 1. The van der Waals surface area contributed by atoms with Crippen molar-refractivity contribution in [2.75, 3.05) is 6.54 Å². The quantitative estimate of drug-likeness (QED) is 0.812. The Kier molecular flexibility index (Phi) is 6.31. The number of hydrogen-bond acceptors (Lipinski definition) is 2. The minimum absolute atomic E-state index is 0.00826. The van der Waals surface area contributed by atoms with Crippen LogP contribution in [0.15, 0.2) is 24.3 Å². The average molecular weight is 318 g/mol. The Morgan fingerprint density at radius 1 is 1.30 bits per heavy atom. The number of piperidine rings is 1. The third-order valence-corrected chi connectivity index (χ3v) is 4.53. The summed E-state index contributed by atoms with van der Waals surface area (Å²) in [5, 5.41) is 2.99. The first-order chi connectivity index (χ1) is 11.0. The lowest BCUT2D eigenvalue weighted by Gasteiger charge is -2.36. The summed E-state index contributed by atoms with van der Waals surface area (Å²) in [7, 11) is 0. The fourth-order valence-corrected chi connectivity index (χ4v) is 3.23. The molecule has 0 saturated carbocycles. The number of ether oxygens (including phenoxy) is 1. The van der Waals surface area contributed by atoms with Gasteiger partial charge in [0.25, 0.3) is 0 Å². The highest BCUT2D eigenvalue weighted by molar-refractivity contribution is 5.74. The van der Waals surface area contributed by atoms with Gasteiger partial charge in [0.05, 0.1) is 0 Å². The molecule has 1 aromatic carbocycles. The predicted octanol–water partition coefficient (Wildman–Crippen LogP) is 4.51. The van der Waals surface area contributed by atoms with E-state index in [4.69, 9.17) is 4.74 Å². The van der Waals surface area contributed by atoms with Gasteiger partial charge in [-0.15, -0.1) is 0 Å². The van der Waals surface area contributed by atoms with Crippen LogP contribution in [0.5, 0.6) is 5.75 Å². The van der Waals surface area contributed by atoms with Gasteiger partial charge in [-0.3, -0.25) is 0 Å². The molecule has 2 atom stereocenters. The van der Waals surface area contributed by atoms with Gasteiger partial charge in [0.1, 0.15) is 5.75 Å². The van der Waals surface area contributed by atoms with E-state index in [1.807, 2.05) is 30.0 Å². The summed E-state index contributed by atoms with van der Waals surface area (Å²) in [5.41, 5.74) is 1.16. The highest BCUT2D eigenvalue weighted by atomic mass is 16.5. The van der Waals surface area contributed by atoms with Gasteiger partial charge in [-0.2, -0.15) is 0 Å². The monoisotopic (exact) mass is 318 g/mol. The maximum Gasteiger partial charge on any atom is 0.320 e. The smallest absolute Gasteiger partial charge is 0.320 e. The Hall–Kier alpha value is -1.71. The molecule has 4 nitrogen and oxygen atoms in total. The van der Waals surface area contributed by atoms with Crippen LogP contribution in [0.3, 0.4) is 0 Å². The van der Waals surface area contributed by atoms with Gasteiger partial charge in [-0.1, -0.05) is 39.0 Å². The molecule has 23 heavy (non-hydrogen) atoms. The molecule has 1 aliphatic heterocycles. The maximum absolute atomic E-state index is 12.5. The van der Waals surface area contributed by atoms with Crippen LogP contribution in [0.1, 0.15) is 64.9 Å². The molecule has 0 aliphatic carbocycles. The van der Waals surface area contributed by atoms with Crippen molar-refractivity contribution in [3.05, 3.63) is 29.8 Å². The zero-order chi connectivity index (χ0) is 16.8. The number of carbonyl (C=O) groups excluding carboxylic acids is 1. The van der Waals surface area contributed by atoms with Crippen molar-refractivity contribution in [1.82, 2.24) is 10.2 Å². The van der Waals surface area contributed by atoms with Gasteiger partial charge in [0.15, 0.2) is 6.23 Å². The SMILES string of the molecule is CCC1CCCCN1C(=O)NC(C)Oc1ccccc1C(C)C. The summed E-state index contributed by atoms with van der Waals surface area (Å²) in [6.45, 7) is 9.17. The molecule has 0 aromatic heterocycles. The van der Waals surface area contributed by atoms with E-state index in [1.54, 1.807) is 0 Å². The number of amides is 2. The maximum atomic E-state index is 12.5. The summed E-state index contributed by atoms with van der Waals surface area (Å²) in [6.07, 6.45) is 4.08. The molecule has 4 heteroatoms. The van der Waals surface area contributed by atoms with E-state index < -0.39 is 0 Å². The second-order valence-corrected chi connectivity index (χ2v) is 6.65. The van der Waals surface area contributed by atoms with Crippen molar-refractivity contribution < 1.29 is 9.53 Å². The third kappa shape index (κ3) is 4.63. The highest BCUT2D eigenvalue weighted by Gasteiger charge is 2.26. The topological polar surface area (TPSA) is 41.6 Å². The van der Waals surface area contributed by atoms with Crippen molar-refractivity contribution in [1.29, 1.82) is 0 Å². The lowest BCUT2D eigenvalue weighted by Crippen LogP contribution is -2.51. The van der Waals surface area contributed by atoms with Gasteiger partial charge in [-0.25, -0.2) is 4.79 Å². The van der Waals surface area contributed by atoms with Gasteiger partial charge in [0.2, 0.25) is 0 Å². The zero-order valence-corrected chi connectivity index (χ0v) is 14.8. The molecular weight excluding hydrogens is 288 g/mol. The summed E-state index contributed by atoms with van der Waals surface area (Å²) in [6, 6.07) is 8.38. The van der Waals surface area contributed by atoms with E-state index >= 15 is 0 Å². The second kappa shape index (κ2) is 8.23. The van der Waals surface area contributed by atoms with E-state index in [0.29, 0.717) is 12.0 Å². The van der Waals surface area contributed by atoms with Crippen LogP contribution in [0.2, 0.25) is 0 Å². The number of rotatable bonds is 5. The lowest BCUT2D eigenvalue weighted by molar-refractivity contribution is 0.123. The van der Waals surface area contributed by atoms with Crippen molar-refractivity contribution >= 4 is 6.03 Å². The lowest BCUT2D eigenvalue weighted by atomic mass is 10.0. The van der Waals surface area contributed by atoms with Crippen LogP contribution in [0.25, 0.3) is 0 Å². The first-order valence-electron chi connectivity index (χ1n) is 8.85. The normalized spacial score (nSPS) is 19.5. The molecule has 1 fully saturated rings. The zero-order valence-electron chi connectivity index (χ0n) is 14.8. The molecule has 1 N–H and O–H groups in total. The van der Waals surface area contributed by atoms with Gasteiger partial charge in [0, 0.05) is 12.6 Å². The highest BCUT2D eigenvalue weighted by Crippen LogP contribution is 2.26. The number of hydrogen-bond donors (Lipinski definition) is 1. The van der Waals surface area contributed by atoms with Crippen molar-refractivity contribution in [3.8, 4) is 5.75 Å². The fraction of sp³-hybridized carbons (Fsp3) is 0.632. The predicted molar refractivity (Wildman–Crippen MR) is 93.8 cm³/mol. The Bertz CT molecular complexity index is 516. The molecule has 0 spiro atoms. The van der Waals surface area contributed by atoms with Crippen LogP contribution in [-0.4, -0.2) is 29.7 Å². The average Bonchev–Trinajstić information content (AvgIpc) is 2.54. The molecule has 2 amide bonds. The fourth-order valence-electron chi connectivity index (χ4n) is 3.23. The van der Waals surface area contributed by atoms with Crippen LogP contribution < -0.4 is 10.1 Å². The number of urea groups is 1. The third-order valence-electron chi connectivity index (χ3n) is 4.53. The minimum Gasteiger partial charge on any atom is -0.471 e. The van der Waals surface area contributed by atoms with Crippen molar-refractivity contribution in [3.63, 3.8) is 0 Å². The van der Waals surface area contributed by atoms with E-state index in [-0.39, 0.29) is 12.3 Å². The van der Waals surface area contributed by atoms with Crippen LogP contribution in [-0.2, 0) is 0 Å². The standard InChI is InChI=1S/C19H30N2O2/c1-5-16-10-8-9-13-21(16)19(22)20-15(4)23-18-12-7-6-11-17(18)14(2)3/h6-7,11-12,14-16H,5,8-10,13H2,1-4H3,(H,20,22). The number of benzene rings is 1. The second-order valence-electron chi connectivity index (χ2n) is 6.65. The van der Waals surface area contributed by atoms with Gasteiger partial charge >= 0.3 is 6.03 Å². The first kappa shape index (κ1) is 17.6. The van der Waals surface area contributed by atoms with Crippen LogP contribution in [0, 0.1) is 0 Å². The molecule has 2 rings (SSSR count). The van der Waals surface area contributed by atoms with Crippen molar-refractivity contribution in [2.24, 2.45) is 0 Å². The molecule has 2 unspecified atom stereocenters. The first-order valence-corrected chi connectivity index (χ1v) is 8.85. The molecule has 0 radical (unpaired) electrons. The van der Waals surface area contributed by atoms with E-state index in [9.17, 15) is 4.79 Å². The molecule has 1 aliphatic rings. The Balaban J connectivity index is 1.96. The summed E-state index contributed by atoms with van der Waals surface area (Å²) in [4.78, 5) is 14.5. The van der Waals surface area contributed by atoms with E-state index in [0.717, 1.165) is 37.1 Å². The largest absolute Gasteiger partial charge is 0.471 e. The molecule has 1 heterocycles. The van der Waals surface area contributed by atoms with Crippen LogP contribution >= 0.6 is 0 Å². The van der Waals surface area contributed by atoms with Gasteiger partial charge in [-0.05, 0) is 50.2 Å². The summed E-state index contributed by atoms with van der Waals surface area (Å²) in [5.74, 6) is 1.24. The number of likely N-dealkylation sites (tertiary alicyclic amines) is 1. The van der Waals surface area contributed by atoms with Crippen molar-refractivity contribution in [2.45, 2.75) is 71.6 Å². The molecule has 0 bridgehead atoms. The Morgan fingerprint density at radius 3 is 2.74 bits per heavy atom. The summed E-state index contributed by atoms with van der Waals surface area (Å²) < 4.78 is 5.98. The van der Waals surface area contributed by atoms with Gasteiger partial charge < -0.3 is 15.0 Å². The Morgan fingerprint density at radius 2 is 2.04 bits per heavy atom. The minimum atomic E-state index is -0.346. The molecular formula is C19H30N2O2. The number of para-hydroxylation sites is 1. The molecule has 128 valence electrons. The van der Waals surface area contributed by atoms with E-state index in [2.05, 4.69) is 32.2 Å². The summed E-state index contributed by atoms with van der Waals surface area (Å²) >= 11 is 0.